The van der Waals surface area contributed by atoms with E-state index in [0.717, 1.165) is 22.9 Å². The number of benzene rings is 2. The van der Waals surface area contributed by atoms with Crippen LogP contribution in [0.5, 0.6) is 0 Å². The first kappa shape index (κ1) is 15.1. The van der Waals surface area contributed by atoms with Crippen molar-refractivity contribution >= 4 is 48.5 Å². The highest BCUT2D eigenvalue weighted by Crippen LogP contribution is 2.30. The first-order valence-corrected chi connectivity index (χ1v) is 7.53. The minimum atomic E-state index is -0.401. The van der Waals surface area contributed by atoms with Crippen molar-refractivity contribution in [3.8, 4) is 0 Å². The Bertz CT molecular complexity index is 484. The molecule has 0 amide bonds. The van der Waals surface area contributed by atoms with Crippen molar-refractivity contribution in [3.05, 3.63) is 69.7 Å². The van der Waals surface area contributed by atoms with Crippen LogP contribution in [0.2, 0.25) is 10.0 Å². The number of thiol groups is 2. The van der Waals surface area contributed by atoms with Gasteiger partial charge in [-0.15, -0.1) is 0 Å². The van der Waals surface area contributed by atoms with Crippen molar-refractivity contribution in [1.82, 2.24) is 0 Å². The van der Waals surface area contributed by atoms with Crippen LogP contribution in [0, 0.1) is 0 Å². The van der Waals surface area contributed by atoms with E-state index < -0.39 is 4.08 Å². The zero-order chi connectivity index (χ0) is 13.9. The van der Waals surface area contributed by atoms with E-state index in [1.165, 1.54) is 11.1 Å². The third kappa shape index (κ3) is 4.96. The molecule has 2 rings (SSSR count). The molecule has 0 nitrogen and oxygen atoms in total. The summed E-state index contributed by atoms with van der Waals surface area (Å²) >= 11 is 21.1. The second kappa shape index (κ2) is 6.45. The molecule has 0 aliphatic carbocycles. The van der Waals surface area contributed by atoms with Crippen LogP contribution in [0.4, 0.5) is 0 Å². The molecule has 100 valence electrons. The Balaban J connectivity index is 2.05. The van der Waals surface area contributed by atoms with Crippen LogP contribution in [-0.2, 0) is 12.8 Å². The van der Waals surface area contributed by atoms with Crippen molar-refractivity contribution in [2.24, 2.45) is 0 Å². The molecule has 0 aromatic heterocycles. The normalized spacial score (nSPS) is 11.6. The highest BCUT2D eigenvalue weighted by molar-refractivity contribution is 8.00. The molecule has 0 N–H and O–H groups in total. The van der Waals surface area contributed by atoms with Crippen LogP contribution in [0.15, 0.2) is 48.5 Å². The quantitative estimate of drug-likeness (QED) is 0.549. The zero-order valence-corrected chi connectivity index (χ0v) is 13.5. The molecule has 0 spiro atoms. The van der Waals surface area contributed by atoms with Gasteiger partial charge in [-0.2, -0.15) is 25.3 Å². The SMILES string of the molecule is SC(S)(Cc1ccc(Cl)cc1)Cc1ccc(Cl)cc1. The maximum atomic E-state index is 5.88. The van der Waals surface area contributed by atoms with Crippen molar-refractivity contribution < 1.29 is 0 Å². The summed E-state index contributed by atoms with van der Waals surface area (Å²) in [4.78, 5) is 0. The molecule has 0 saturated heterocycles. The van der Waals surface area contributed by atoms with E-state index in [2.05, 4.69) is 25.3 Å². The minimum absolute atomic E-state index is 0.401. The van der Waals surface area contributed by atoms with Crippen molar-refractivity contribution in [3.63, 3.8) is 0 Å². The molecule has 0 bridgehead atoms. The summed E-state index contributed by atoms with van der Waals surface area (Å²) in [7, 11) is 0. The average molecular weight is 329 g/mol. The van der Waals surface area contributed by atoms with Gasteiger partial charge in [0.1, 0.15) is 0 Å². The highest BCUT2D eigenvalue weighted by atomic mass is 35.5. The van der Waals surface area contributed by atoms with Gasteiger partial charge in [0.25, 0.3) is 0 Å². The lowest BCUT2D eigenvalue weighted by atomic mass is 10.0. The van der Waals surface area contributed by atoms with Crippen LogP contribution in [0.1, 0.15) is 11.1 Å². The smallest absolute Gasteiger partial charge is 0.0632 e. The summed E-state index contributed by atoms with van der Waals surface area (Å²) in [6.07, 6.45) is 1.53. The van der Waals surface area contributed by atoms with Gasteiger partial charge in [0.2, 0.25) is 0 Å². The first-order valence-electron chi connectivity index (χ1n) is 5.88. The van der Waals surface area contributed by atoms with E-state index in [-0.39, 0.29) is 0 Å². The molecule has 2 aromatic carbocycles. The standard InChI is InChI=1S/C15H14Cl2S2/c16-13-5-1-11(2-6-13)9-15(18,19)10-12-3-7-14(17)8-4-12/h1-8,18-19H,9-10H2. The number of halogens is 2. The van der Waals surface area contributed by atoms with Crippen LogP contribution in [0.25, 0.3) is 0 Å². The van der Waals surface area contributed by atoms with Gasteiger partial charge in [0.05, 0.1) is 4.08 Å². The van der Waals surface area contributed by atoms with Crippen LogP contribution in [0.3, 0.4) is 0 Å². The molecule has 19 heavy (non-hydrogen) atoms. The molecule has 0 saturated carbocycles. The largest absolute Gasteiger partial charge is 0.161 e. The predicted octanol–water partition coefficient (Wildman–Crippen LogP) is 5.33. The topological polar surface area (TPSA) is 0 Å². The van der Waals surface area contributed by atoms with Crippen LogP contribution >= 0.6 is 48.5 Å². The lowest BCUT2D eigenvalue weighted by Gasteiger charge is -2.23. The Labute approximate surface area is 134 Å². The Morgan fingerprint density at radius 3 is 1.32 bits per heavy atom. The van der Waals surface area contributed by atoms with Crippen LogP contribution < -0.4 is 0 Å². The molecule has 0 radical (unpaired) electrons. The van der Waals surface area contributed by atoms with Gasteiger partial charge < -0.3 is 0 Å². The van der Waals surface area contributed by atoms with Gasteiger partial charge in [-0.25, -0.2) is 0 Å². The average Bonchev–Trinajstić information content (AvgIpc) is 2.34. The third-order valence-corrected chi connectivity index (χ3v) is 3.94. The molecule has 4 heteroatoms. The van der Waals surface area contributed by atoms with Crippen molar-refractivity contribution in [2.75, 3.05) is 0 Å². The highest BCUT2D eigenvalue weighted by Gasteiger charge is 2.21. The van der Waals surface area contributed by atoms with Gasteiger partial charge in [-0.05, 0) is 48.2 Å². The molecule has 0 aliphatic heterocycles. The lowest BCUT2D eigenvalue weighted by molar-refractivity contribution is 0.797. The third-order valence-electron chi connectivity index (χ3n) is 2.80. The van der Waals surface area contributed by atoms with E-state index in [9.17, 15) is 0 Å². The number of hydrogen-bond donors (Lipinski definition) is 2. The van der Waals surface area contributed by atoms with Gasteiger partial charge in [0.15, 0.2) is 0 Å². The van der Waals surface area contributed by atoms with Gasteiger partial charge in [-0.1, -0.05) is 47.5 Å². The lowest BCUT2D eigenvalue weighted by Crippen LogP contribution is -2.20. The maximum absolute atomic E-state index is 5.88. The first-order chi connectivity index (χ1) is 8.94. The fraction of sp³-hybridized carbons (Fsp3) is 0.200. The summed E-state index contributed by atoms with van der Waals surface area (Å²) in [6.45, 7) is 0. The Morgan fingerprint density at radius 2 is 1.00 bits per heavy atom. The molecule has 0 unspecified atom stereocenters. The summed E-state index contributed by atoms with van der Waals surface area (Å²) in [5, 5.41) is 1.48. The Morgan fingerprint density at radius 1 is 0.684 bits per heavy atom. The van der Waals surface area contributed by atoms with Gasteiger partial charge in [0, 0.05) is 10.0 Å². The monoisotopic (exact) mass is 328 g/mol. The second-order valence-corrected chi connectivity index (χ2v) is 7.53. The zero-order valence-electron chi connectivity index (χ0n) is 10.2. The van der Waals surface area contributed by atoms with Crippen molar-refractivity contribution in [2.45, 2.75) is 16.9 Å². The number of rotatable bonds is 4. The van der Waals surface area contributed by atoms with Crippen LogP contribution in [-0.4, -0.2) is 4.08 Å². The molecular weight excluding hydrogens is 315 g/mol. The van der Waals surface area contributed by atoms with E-state index in [1.807, 2.05) is 48.5 Å². The van der Waals surface area contributed by atoms with E-state index in [1.54, 1.807) is 0 Å². The fourth-order valence-electron chi connectivity index (χ4n) is 1.92. The molecule has 0 fully saturated rings. The van der Waals surface area contributed by atoms with E-state index >= 15 is 0 Å². The van der Waals surface area contributed by atoms with E-state index in [4.69, 9.17) is 23.2 Å². The molecular formula is C15H14Cl2S2. The predicted molar refractivity (Wildman–Crippen MR) is 91.0 cm³/mol. The second-order valence-electron chi connectivity index (χ2n) is 4.59. The summed E-state index contributed by atoms with van der Waals surface area (Å²) in [5.74, 6) is 0. The Kier molecular flexibility index (Phi) is 5.13. The van der Waals surface area contributed by atoms with Gasteiger partial charge in [-0.3, -0.25) is 0 Å². The summed E-state index contributed by atoms with van der Waals surface area (Å²) in [6, 6.07) is 15.6. The summed E-state index contributed by atoms with van der Waals surface area (Å²) in [5.41, 5.74) is 2.34. The summed E-state index contributed by atoms with van der Waals surface area (Å²) < 4.78 is -0.401. The molecule has 2 aromatic rings. The molecule has 0 aliphatic rings. The Hall–Kier alpha value is -0.280. The van der Waals surface area contributed by atoms with E-state index in [0.29, 0.717) is 0 Å². The minimum Gasteiger partial charge on any atom is -0.161 e. The number of hydrogen-bond acceptors (Lipinski definition) is 2. The van der Waals surface area contributed by atoms with Crippen molar-refractivity contribution in [1.29, 1.82) is 0 Å². The maximum Gasteiger partial charge on any atom is 0.0632 e. The van der Waals surface area contributed by atoms with Gasteiger partial charge >= 0.3 is 0 Å². The fourth-order valence-corrected chi connectivity index (χ4v) is 2.90. The molecule has 0 heterocycles. The molecule has 0 atom stereocenters.